The van der Waals surface area contributed by atoms with Crippen molar-refractivity contribution in [3.05, 3.63) is 107 Å². The number of hydrogen-bond acceptors (Lipinski definition) is 9. The summed E-state index contributed by atoms with van der Waals surface area (Å²) in [5, 5.41) is 4.03. The second-order valence-corrected chi connectivity index (χ2v) is 9.76. The van der Waals surface area contributed by atoms with Crippen LogP contribution in [0, 0.1) is 0 Å². The molecule has 1 saturated heterocycles. The predicted octanol–water partition coefficient (Wildman–Crippen LogP) is 3.72. The smallest absolute Gasteiger partial charge is 0.253 e. The van der Waals surface area contributed by atoms with Gasteiger partial charge in [0.25, 0.3) is 5.56 Å². The van der Waals surface area contributed by atoms with E-state index in [4.69, 9.17) is 9.72 Å². The number of ether oxygens (including phenoxy) is 1. The molecule has 0 amide bonds. The topological polar surface area (TPSA) is 101 Å². The Kier molecular flexibility index (Phi) is 7.07. The van der Waals surface area contributed by atoms with E-state index >= 15 is 0 Å². The summed E-state index contributed by atoms with van der Waals surface area (Å²) in [5.74, 6) is 1.59. The third-order valence-electron chi connectivity index (χ3n) is 7.18. The van der Waals surface area contributed by atoms with Gasteiger partial charge in [0.1, 0.15) is 17.4 Å². The Morgan fingerprint density at radius 2 is 1.60 bits per heavy atom. The minimum Gasteiger partial charge on any atom is -0.497 e. The number of fused-ring (bicyclic) bond motifs is 1. The number of likely N-dealkylation sites (N-methyl/N-ethyl adjacent to an activating group) is 1. The minimum atomic E-state index is -0.603. The van der Waals surface area contributed by atoms with Gasteiger partial charge in [0.2, 0.25) is 5.95 Å². The zero-order chi connectivity index (χ0) is 27.5. The third-order valence-corrected chi connectivity index (χ3v) is 7.18. The Labute approximate surface area is 231 Å². The molecule has 3 aromatic heterocycles. The van der Waals surface area contributed by atoms with Crippen LogP contribution >= 0.6 is 0 Å². The lowest BCUT2D eigenvalue weighted by atomic mass is 10.0. The highest BCUT2D eigenvalue weighted by Gasteiger charge is 2.23. The average Bonchev–Trinajstić information content (AvgIpc) is 3.00. The van der Waals surface area contributed by atoms with Gasteiger partial charge in [-0.25, -0.2) is 15.0 Å². The number of pyridine rings is 1. The molecule has 40 heavy (non-hydrogen) atoms. The lowest BCUT2D eigenvalue weighted by Gasteiger charge is -2.34. The second-order valence-electron chi connectivity index (χ2n) is 9.76. The van der Waals surface area contributed by atoms with E-state index in [0.29, 0.717) is 23.2 Å². The molecule has 6 rings (SSSR count). The molecular weight excluding hydrogens is 504 g/mol. The number of aromatic nitrogens is 5. The fourth-order valence-corrected chi connectivity index (χ4v) is 4.95. The Balaban J connectivity index is 1.37. The van der Waals surface area contributed by atoms with E-state index in [1.54, 1.807) is 42.4 Å². The molecule has 1 N–H and O–H groups in total. The molecule has 0 aliphatic carbocycles. The molecule has 1 unspecified atom stereocenters. The normalized spacial score (nSPS) is 14.7. The van der Waals surface area contributed by atoms with Crippen LogP contribution in [0.5, 0.6) is 5.75 Å². The number of nitrogens with one attached hydrogen (secondary N) is 1. The Hall–Kier alpha value is -4.83. The molecule has 0 bridgehead atoms. The van der Waals surface area contributed by atoms with Crippen LogP contribution in [0.25, 0.3) is 11.0 Å². The van der Waals surface area contributed by atoms with Crippen LogP contribution in [0.1, 0.15) is 17.4 Å². The van der Waals surface area contributed by atoms with E-state index in [0.717, 1.165) is 42.8 Å². The summed E-state index contributed by atoms with van der Waals surface area (Å²) in [7, 11) is 3.77. The Morgan fingerprint density at radius 1 is 0.875 bits per heavy atom. The predicted molar refractivity (Wildman–Crippen MR) is 155 cm³/mol. The van der Waals surface area contributed by atoms with Crippen LogP contribution in [0.3, 0.4) is 0 Å². The molecule has 1 aliphatic rings. The van der Waals surface area contributed by atoms with E-state index in [2.05, 4.69) is 49.2 Å². The summed E-state index contributed by atoms with van der Waals surface area (Å²) in [6.45, 7) is 4.13. The first-order chi connectivity index (χ1) is 19.6. The molecule has 10 nitrogen and oxygen atoms in total. The second kappa shape index (κ2) is 11.1. The number of piperazine rings is 1. The number of nitrogens with zero attached hydrogens (tertiary/aromatic N) is 7. The van der Waals surface area contributed by atoms with Gasteiger partial charge in [0.05, 0.1) is 7.11 Å². The van der Waals surface area contributed by atoms with Crippen molar-refractivity contribution in [1.29, 1.82) is 0 Å². The molecule has 1 aliphatic heterocycles. The summed E-state index contributed by atoms with van der Waals surface area (Å²) >= 11 is 0. The van der Waals surface area contributed by atoms with Crippen LogP contribution in [0.4, 0.5) is 17.3 Å². The van der Waals surface area contributed by atoms with Gasteiger partial charge >= 0.3 is 0 Å². The molecule has 4 heterocycles. The molecule has 2 aromatic carbocycles. The van der Waals surface area contributed by atoms with Gasteiger partial charge in [-0.05, 0) is 61.1 Å². The van der Waals surface area contributed by atoms with Gasteiger partial charge in [-0.15, -0.1) is 0 Å². The number of methoxy groups -OCH3 is 1. The van der Waals surface area contributed by atoms with Crippen LogP contribution in [0.15, 0.2) is 90.1 Å². The zero-order valence-electron chi connectivity index (χ0n) is 22.4. The molecule has 1 fully saturated rings. The molecule has 10 heteroatoms. The molecule has 0 spiro atoms. The van der Waals surface area contributed by atoms with Gasteiger partial charge in [-0.3, -0.25) is 9.36 Å². The van der Waals surface area contributed by atoms with Crippen LogP contribution in [-0.2, 0) is 0 Å². The fourth-order valence-electron chi connectivity index (χ4n) is 4.95. The highest BCUT2D eigenvalue weighted by molar-refractivity contribution is 5.76. The SMILES string of the molecule is COc1ccc(C(c2ncccn2)n2c(=O)ccc3cnc(Nc4ccc(N5CCN(C)CC5)cc4)nc32)cc1. The van der Waals surface area contributed by atoms with Crippen molar-refractivity contribution >= 4 is 28.4 Å². The van der Waals surface area contributed by atoms with Crippen molar-refractivity contribution in [3.8, 4) is 5.75 Å². The Morgan fingerprint density at radius 3 is 2.30 bits per heavy atom. The van der Waals surface area contributed by atoms with E-state index in [1.165, 1.54) is 11.8 Å². The van der Waals surface area contributed by atoms with E-state index in [1.807, 2.05) is 36.4 Å². The van der Waals surface area contributed by atoms with Crippen molar-refractivity contribution < 1.29 is 4.74 Å². The van der Waals surface area contributed by atoms with Crippen molar-refractivity contribution in [2.45, 2.75) is 6.04 Å². The quantitative estimate of drug-likeness (QED) is 0.335. The number of rotatable bonds is 7. The molecule has 0 radical (unpaired) electrons. The highest BCUT2D eigenvalue weighted by atomic mass is 16.5. The van der Waals surface area contributed by atoms with E-state index in [-0.39, 0.29) is 5.56 Å². The number of anilines is 3. The minimum absolute atomic E-state index is 0.220. The van der Waals surface area contributed by atoms with Crippen LogP contribution in [0.2, 0.25) is 0 Å². The number of benzene rings is 2. The maximum Gasteiger partial charge on any atom is 0.253 e. The van der Waals surface area contributed by atoms with E-state index < -0.39 is 6.04 Å². The molecule has 202 valence electrons. The molecule has 0 saturated carbocycles. The summed E-state index contributed by atoms with van der Waals surface area (Å²) in [4.78, 5) is 36.5. The Bertz CT molecular complexity index is 1650. The summed E-state index contributed by atoms with van der Waals surface area (Å²) in [6.07, 6.45) is 5.06. The maximum atomic E-state index is 13.4. The van der Waals surface area contributed by atoms with Gasteiger partial charge in [0.15, 0.2) is 5.82 Å². The molecular formula is C30H30N8O2. The molecule has 1 atom stereocenters. The van der Waals surface area contributed by atoms with Gasteiger partial charge in [-0.2, -0.15) is 4.98 Å². The zero-order valence-corrected chi connectivity index (χ0v) is 22.4. The monoisotopic (exact) mass is 534 g/mol. The fraction of sp³-hybridized carbons (Fsp3) is 0.233. The van der Waals surface area contributed by atoms with Crippen molar-refractivity contribution in [3.63, 3.8) is 0 Å². The van der Waals surface area contributed by atoms with Crippen molar-refractivity contribution in [2.24, 2.45) is 0 Å². The maximum absolute atomic E-state index is 13.4. The van der Waals surface area contributed by atoms with Crippen molar-refractivity contribution in [1.82, 2.24) is 29.4 Å². The largest absolute Gasteiger partial charge is 0.497 e. The van der Waals surface area contributed by atoms with Gasteiger partial charge in [-0.1, -0.05) is 12.1 Å². The van der Waals surface area contributed by atoms with Gasteiger partial charge in [0, 0.05) is 67.6 Å². The average molecular weight is 535 g/mol. The lowest BCUT2D eigenvalue weighted by molar-refractivity contribution is 0.313. The first kappa shape index (κ1) is 25.4. The van der Waals surface area contributed by atoms with Crippen LogP contribution < -0.4 is 20.5 Å². The van der Waals surface area contributed by atoms with Crippen molar-refractivity contribution in [2.75, 3.05) is 50.6 Å². The van der Waals surface area contributed by atoms with Gasteiger partial charge < -0.3 is 19.9 Å². The first-order valence-corrected chi connectivity index (χ1v) is 13.2. The summed E-state index contributed by atoms with van der Waals surface area (Å²) in [6, 6.07) is 20.2. The summed E-state index contributed by atoms with van der Waals surface area (Å²) < 4.78 is 6.96. The van der Waals surface area contributed by atoms with E-state index in [9.17, 15) is 4.79 Å². The number of hydrogen-bond donors (Lipinski definition) is 1. The molecule has 5 aromatic rings. The highest BCUT2D eigenvalue weighted by Crippen LogP contribution is 2.28. The standard InChI is InChI=1S/C30H30N8O2/c1-36-16-18-37(19-17-36)24-9-7-23(8-10-24)34-30-33-20-22-6-13-26(39)38(29(22)35-30)27(28-31-14-3-15-32-28)21-4-11-25(40-2)12-5-21/h3-15,20,27H,16-19H2,1-2H3,(H,33,34,35). The third kappa shape index (κ3) is 5.21. The first-order valence-electron chi connectivity index (χ1n) is 13.2. The summed E-state index contributed by atoms with van der Waals surface area (Å²) in [5.41, 5.74) is 3.14. The van der Waals surface area contributed by atoms with Crippen LogP contribution in [-0.4, -0.2) is 69.7 Å². The lowest BCUT2D eigenvalue weighted by Crippen LogP contribution is -2.44.